The second kappa shape index (κ2) is 14.4. The molecule has 0 saturated carbocycles. The molecule has 0 heterocycles. The van der Waals surface area contributed by atoms with Crippen molar-refractivity contribution in [2.45, 2.75) is 55.3 Å². The molecule has 0 aliphatic carbocycles. The highest BCUT2D eigenvalue weighted by atomic mass is 35.6. The van der Waals surface area contributed by atoms with Crippen molar-refractivity contribution in [3.8, 4) is 0 Å². The number of hydrogen-bond donors (Lipinski definition) is 0. The third kappa shape index (κ3) is 7.59. The van der Waals surface area contributed by atoms with Gasteiger partial charge in [0, 0.05) is 0 Å². The lowest BCUT2D eigenvalue weighted by Crippen LogP contribution is -2.74. The average Bonchev–Trinajstić information content (AvgIpc) is 2.70. The first-order chi connectivity index (χ1) is 17.0. The number of alkyl halides is 28. The van der Waals surface area contributed by atoms with Gasteiger partial charge in [0.05, 0.1) is 0 Å². The molecule has 0 rings (SSSR count). The summed E-state index contributed by atoms with van der Waals surface area (Å²) in [7, 11) is 0. The fraction of sp³-hybridized carbons (Fsp3) is 1.00. The van der Waals surface area contributed by atoms with Gasteiger partial charge in [-0.3, -0.25) is 0 Å². The first kappa shape index (κ1) is 49.1. The van der Waals surface area contributed by atoms with Crippen molar-refractivity contribution in [3.63, 3.8) is 0 Å². The van der Waals surface area contributed by atoms with Crippen LogP contribution < -0.4 is 0 Å². The Kier molecular flexibility index (Phi) is 17.3. The van der Waals surface area contributed by atoms with E-state index in [2.05, 4.69) is 0 Å². The van der Waals surface area contributed by atoms with E-state index in [1.165, 1.54) is 0 Å². The van der Waals surface area contributed by atoms with Gasteiger partial charge in [-0.25, -0.2) is 0 Å². The van der Waals surface area contributed by atoms with E-state index in [4.69, 9.17) is 325 Å². The van der Waals surface area contributed by atoms with Gasteiger partial charge in [0.2, 0.25) is 16.3 Å². The van der Waals surface area contributed by atoms with Gasteiger partial charge < -0.3 is 0 Å². The van der Waals surface area contributed by atoms with E-state index in [1.54, 1.807) is 0 Å². The van der Waals surface area contributed by atoms with Crippen LogP contribution in [-0.2, 0) is 0 Å². The Bertz CT molecular complexity index is 878. The summed E-state index contributed by atoms with van der Waals surface area (Å²) >= 11 is 173. The lowest BCUT2D eigenvalue weighted by molar-refractivity contribution is 0.412. The highest BCUT2D eigenvalue weighted by Gasteiger charge is 2.86. The van der Waals surface area contributed by atoms with Crippen LogP contribution in [0.15, 0.2) is 0 Å². The van der Waals surface area contributed by atoms with Gasteiger partial charge in [0.25, 0.3) is 0 Å². The van der Waals surface area contributed by atoms with Crippen LogP contribution in [0.1, 0.15) is 0 Å². The lowest BCUT2D eigenvalue weighted by atomic mass is 9.98. The fourth-order valence-corrected chi connectivity index (χ4v) is 11.0. The molecule has 28 heteroatoms. The van der Waals surface area contributed by atoms with Gasteiger partial charge in [-0.2, -0.15) is 0 Å². The molecule has 0 fully saturated rings. The second-order valence-corrected chi connectivity index (χ2v) is 26.5. The van der Waals surface area contributed by atoms with Crippen molar-refractivity contribution in [2.75, 3.05) is 0 Å². The molecule has 0 saturated heterocycles. The maximum Gasteiger partial charge on any atom is 0.226 e. The van der Waals surface area contributed by atoms with E-state index in [-0.39, 0.29) is 0 Å². The van der Waals surface area contributed by atoms with Crippen LogP contribution in [0.4, 0.5) is 0 Å². The molecular weight excluding hydrogens is 1150 g/mol. The molecular formula is C13Cl28. The Morgan fingerprint density at radius 2 is 0.195 bits per heavy atom. The molecule has 0 amide bonds. The zero-order chi connectivity index (χ0) is 34.5. The third-order valence-electron chi connectivity index (χ3n) is 4.66. The molecule has 0 aromatic heterocycles. The SMILES string of the molecule is ClC(Cl)(Cl)C(Cl)(Cl)C(Cl)(Cl)C(Cl)(Cl)C(Cl)(Cl)C(Cl)(Cl)C(Cl)(Cl)C(Cl)(Cl)C(Cl)(Cl)C(Cl)(Cl)C(Cl)(Cl)C(Cl)(Cl)C(Cl)(Cl)Cl. The fourth-order valence-electron chi connectivity index (χ4n) is 2.13. The summed E-state index contributed by atoms with van der Waals surface area (Å²) < 4.78 is -41.6. The molecule has 0 aromatic carbocycles. The average molecular weight is 1150 g/mol. The van der Waals surface area contributed by atoms with E-state index < -0.39 is 55.3 Å². The summed E-state index contributed by atoms with van der Waals surface area (Å²) in [4.78, 5) is 0. The summed E-state index contributed by atoms with van der Waals surface area (Å²) in [6.45, 7) is 0. The van der Waals surface area contributed by atoms with Gasteiger partial charge in [-0.05, 0) is 0 Å². The first-order valence-electron chi connectivity index (χ1n) is 8.29. The Morgan fingerprint density at radius 1 is 0.122 bits per heavy atom. The molecule has 0 aliphatic heterocycles. The molecule has 41 heavy (non-hydrogen) atoms. The van der Waals surface area contributed by atoms with Crippen molar-refractivity contribution in [1.82, 2.24) is 0 Å². The molecule has 0 N–H and O–H groups in total. The van der Waals surface area contributed by atoms with E-state index in [9.17, 15) is 0 Å². The summed E-state index contributed by atoms with van der Waals surface area (Å²) in [6, 6.07) is 0. The molecule has 248 valence electrons. The first-order valence-corrected chi connectivity index (χ1v) is 18.9. The van der Waals surface area contributed by atoms with Crippen LogP contribution in [0.5, 0.6) is 0 Å². The van der Waals surface area contributed by atoms with Crippen LogP contribution >= 0.6 is 325 Å². The summed E-state index contributed by atoms with van der Waals surface area (Å²) in [5, 5.41) is 0. The molecule has 0 radical (unpaired) electrons. The van der Waals surface area contributed by atoms with Crippen LogP contribution in [0.2, 0.25) is 0 Å². The summed E-state index contributed by atoms with van der Waals surface area (Å²) in [5.74, 6) is 0. The zero-order valence-electron chi connectivity index (χ0n) is 17.1. The normalized spacial score (nSPS) is 17.3. The minimum Gasteiger partial charge on any atom is -0.0946 e. The summed E-state index contributed by atoms with van der Waals surface area (Å²) in [5.41, 5.74) is 0. The van der Waals surface area contributed by atoms with Crippen LogP contribution in [0, 0.1) is 0 Å². The molecule has 0 atom stereocenters. The van der Waals surface area contributed by atoms with Gasteiger partial charge in [-0.1, -0.05) is 325 Å². The van der Waals surface area contributed by atoms with Crippen molar-refractivity contribution in [3.05, 3.63) is 0 Å². The number of hydrogen-bond acceptors (Lipinski definition) is 0. The largest absolute Gasteiger partial charge is 0.226 e. The van der Waals surface area contributed by atoms with Crippen LogP contribution in [-0.4, -0.2) is 55.3 Å². The maximum atomic E-state index is 6.41. The van der Waals surface area contributed by atoms with Crippen molar-refractivity contribution in [2.24, 2.45) is 0 Å². The van der Waals surface area contributed by atoms with Gasteiger partial charge in [0.1, 0.15) is 0 Å². The van der Waals surface area contributed by atoms with E-state index in [0.717, 1.165) is 0 Å². The lowest BCUT2D eigenvalue weighted by Gasteiger charge is -2.57. The highest BCUT2D eigenvalue weighted by molar-refractivity contribution is 6.85. The summed E-state index contributed by atoms with van der Waals surface area (Å²) in [6.07, 6.45) is 0. The quantitative estimate of drug-likeness (QED) is 0.191. The third-order valence-corrected chi connectivity index (χ3v) is 23.9. The van der Waals surface area contributed by atoms with Crippen molar-refractivity contribution < 1.29 is 0 Å². The van der Waals surface area contributed by atoms with Crippen molar-refractivity contribution >= 4 is 325 Å². The highest BCUT2D eigenvalue weighted by Crippen LogP contribution is 2.76. The Labute approximate surface area is 374 Å². The predicted molar refractivity (Wildman–Crippen MR) is 199 cm³/mol. The van der Waals surface area contributed by atoms with Gasteiger partial charge >= 0.3 is 0 Å². The zero-order valence-corrected chi connectivity index (χ0v) is 38.2. The number of halogens is 28. The minimum atomic E-state index is -3.44. The van der Waals surface area contributed by atoms with Crippen LogP contribution in [0.25, 0.3) is 0 Å². The number of rotatable bonds is 10. The molecule has 0 spiro atoms. The van der Waals surface area contributed by atoms with Gasteiger partial charge in [0.15, 0.2) is 39.0 Å². The smallest absolute Gasteiger partial charge is 0.0946 e. The standard InChI is InChI=1S/C13Cl28/c14-1(15,2(16,17)4(20,21)6(24,25)8(28,29)10(32,33)12(36,37)38)3(18,19)5(22,23)7(26,27)9(30,31)11(34,35)13(39,40)41. The monoisotopic (exact) mass is 1140 g/mol. The Balaban J connectivity index is 7.41. The second-order valence-electron chi connectivity index (χ2n) is 7.31. The Morgan fingerprint density at radius 3 is 0.268 bits per heavy atom. The van der Waals surface area contributed by atoms with Crippen molar-refractivity contribution in [1.29, 1.82) is 0 Å². The molecule has 0 unspecified atom stereocenters. The van der Waals surface area contributed by atoms with Crippen LogP contribution in [0.3, 0.4) is 0 Å². The van der Waals surface area contributed by atoms with E-state index in [0.29, 0.717) is 0 Å². The Hall–Kier alpha value is 8.12. The maximum absolute atomic E-state index is 6.41. The molecule has 0 bridgehead atoms. The predicted octanol–water partition coefficient (Wildman–Crippen LogP) is 16.6. The van der Waals surface area contributed by atoms with Gasteiger partial charge in [-0.15, -0.1) is 0 Å². The molecule has 0 aliphatic rings. The molecule has 0 nitrogen and oxygen atoms in total. The van der Waals surface area contributed by atoms with E-state index >= 15 is 0 Å². The topological polar surface area (TPSA) is 0 Å². The minimum absolute atomic E-state index is 2.78. The molecule has 0 aromatic rings. The van der Waals surface area contributed by atoms with E-state index in [1.807, 2.05) is 0 Å².